The summed E-state index contributed by atoms with van der Waals surface area (Å²) >= 11 is 6.10. The number of carbonyl (C=O) groups excluding carboxylic acids is 1. The Morgan fingerprint density at radius 2 is 1.71 bits per heavy atom. The van der Waals surface area contributed by atoms with Gasteiger partial charge in [0, 0.05) is 11.9 Å². The zero-order valence-corrected chi connectivity index (χ0v) is 13.7. The maximum Gasteiger partial charge on any atom is 0.274 e. The number of nitrogens with one attached hydrogen (secondary N) is 2. The molecule has 0 spiro atoms. The first-order valence-electron chi connectivity index (χ1n) is 7.35. The van der Waals surface area contributed by atoms with Gasteiger partial charge in [-0.25, -0.2) is 9.97 Å². The van der Waals surface area contributed by atoms with Crippen molar-refractivity contribution in [2.75, 3.05) is 10.6 Å². The molecule has 24 heavy (non-hydrogen) atoms. The number of hydrogen-bond donors (Lipinski definition) is 2. The molecule has 3 aromatic rings. The summed E-state index contributed by atoms with van der Waals surface area (Å²) in [6.45, 7) is 1.93. The van der Waals surface area contributed by atoms with Crippen LogP contribution in [0.2, 0.25) is 5.02 Å². The molecule has 5 nitrogen and oxygen atoms in total. The number of aromatic nitrogens is 2. The summed E-state index contributed by atoms with van der Waals surface area (Å²) in [5.74, 6) is 0.00874. The molecule has 0 saturated heterocycles. The Balaban J connectivity index is 1.79. The zero-order valence-electron chi connectivity index (χ0n) is 13.0. The van der Waals surface area contributed by atoms with E-state index >= 15 is 0 Å². The molecule has 2 aromatic carbocycles. The SMILES string of the molecule is Cc1ccccc1NC(=O)c1ccnc(Nc2ccccc2Cl)n1. The molecule has 0 unspecified atom stereocenters. The molecule has 0 aliphatic carbocycles. The molecular formula is C18H15ClN4O. The molecule has 1 aromatic heterocycles. The van der Waals surface area contributed by atoms with E-state index in [0.717, 1.165) is 11.3 Å². The van der Waals surface area contributed by atoms with Gasteiger partial charge < -0.3 is 10.6 Å². The minimum absolute atomic E-state index is 0.266. The average Bonchev–Trinajstić information content (AvgIpc) is 2.59. The highest BCUT2D eigenvalue weighted by atomic mass is 35.5. The van der Waals surface area contributed by atoms with Gasteiger partial charge in [-0.15, -0.1) is 0 Å². The summed E-state index contributed by atoms with van der Waals surface area (Å²) in [7, 11) is 0. The van der Waals surface area contributed by atoms with Crippen molar-refractivity contribution in [3.63, 3.8) is 0 Å². The third kappa shape index (κ3) is 3.70. The smallest absolute Gasteiger partial charge is 0.274 e. The quantitative estimate of drug-likeness (QED) is 0.738. The molecule has 1 amide bonds. The van der Waals surface area contributed by atoms with Gasteiger partial charge in [0.2, 0.25) is 5.95 Å². The summed E-state index contributed by atoms with van der Waals surface area (Å²) in [5, 5.41) is 6.41. The number of aryl methyl sites for hydroxylation is 1. The van der Waals surface area contributed by atoms with Gasteiger partial charge >= 0.3 is 0 Å². The highest BCUT2D eigenvalue weighted by Crippen LogP contribution is 2.23. The number of para-hydroxylation sites is 2. The Morgan fingerprint density at radius 3 is 2.46 bits per heavy atom. The Bertz CT molecular complexity index is 882. The summed E-state index contributed by atoms with van der Waals surface area (Å²) < 4.78 is 0. The fourth-order valence-electron chi connectivity index (χ4n) is 2.13. The largest absolute Gasteiger partial charge is 0.323 e. The van der Waals surface area contributed by atoms with Gasteiger partial charge in [-0.3, -0.25) is 4.79 Å². The molecule has 0 atom stereocenters. The lowest BCUT2D eigenvalue weighted by Crippen LogP contribution is -2.15. The lowest BCUT2D eigenvalue weighted by atomic mass is 10.2. The predicted molar refractivity (Wildman–Crippen MR) is 95.9 cm³/mol. The van der Waals surface area contributed by atoms with Crippen molar-refractivity contribution in [1.29, 1.82) is 0 Å². The third-order valence-electron chi connectivity index (χ3n) is 3.40. The number of hydrogen-bond acceptors (Lipinski definition) is 4. The molecule has 120 valence electrons. The maximum absolute atomic E-state index is 12.4. The van der Waals surface area contributed by atoms with Gasteiger partial charge in [0.15, 0.2) is 0 Å². The number of carbonyl (C=O) groups is 1. The number of nitrogens with zero attached hydrogens (tertiary/aromatic N) is 2. The second-order valence-corrected chi connectivity index (χ2v) is 5.55. The highest BCUT2D eigenvalue weighted by Gasteiger charge is 2.11. The molecule has 0 fully saturated rings. The van der Waals surface area contributed by atoms with E-state index in [1.54, 1.807) is 12.1 Å². The van der Waals surface area contributed by atoms with Crippen LogP contribution in [-0.4, -0.2) is 15.9 Å². The van der Waals surface area contributed by atoms with Crippen LogP contribution >= 0.6 is 11.6 Å². The number of halogens is 1. The van der Waals surface area contributed by atoms with Gasteiger partial charge in [-0.2, -0.15) is 0 Å². The molecule has 0 bridgehead atoms. The molecule has 0 saturated carbocycles. The molecule has 1 heterocycles. The zero-order chi connectivity index (χ0) is 16.9. The van der Waals surface area contributed by atoms with Crippen LogP contribution < -0.4 is 10.6 Å². The predicted octanol–water partition coefficient (Wildman–Crippen LogP) is 4.43. The van der Waals surface area contributed by atoms with Crippen molar-refractivity contribution in [3.05, 3.63) is 77.1 Å². The maximum atomic E-state index is 12.4. The van der Waals surface area contributed by atoms with Crippen LogP contribution in [-0.2, 0) is 0 Å². The number of amides is 1. The van der Waals surface area contributed by atoms with Crippen molar-refractivity contribution < 1.29 is 4.79 Å². The lowest BCUT2D eigenvalue weighted by Gasteiger charge is -2.09. The van der Waals surface area contributed by atoms with Crippen LogP contribution in [0.4, 0.5) is 17.3 Å². The molecule has 0 aliphatic heterocycles. The molecule has 3 rings (SSSR count). The van der Waals surface area contributed by atoms with Crippen molar-refractivity contribution in [2.45, 2.75) is 6.92 Å². The normalized spacial score (nSPS) is 10.2. The second-order valence-electron chi connectivity index (χ2n) is 5.14. The number of rotatable bonds is 4. The number of anilines is 3. The standard InChI is InChI=1S/C18H15ClN4O/c1-12-6-2-4-8-14(12)21-17(24)16-10-11-20-18(23-16)22-15-9-5-3-7-13(15)19/h2-11H,1H3,(H,21,24)(H,20,22,23). The molecule has 2 N–H and O–H groups in total. The topological polar surface area (TPSA) is 66.9 Å². The molecular weight excluding hydrogens is 324 g/mol. The molecule has 6 heteroatoms. The van der Waals surface area contributed by atoms with Gasteiger partial charge in [0.25, 0.3) is 5.91 Å². The first-order chi connectivity index (χ1) is 11.6. The van der Waals surface area contributed by atoms with E-state index in [9.17, 15) is 4.79 Å². The first kappa shape index (κ1) is 16.0. The van der Waals surface area contributed by atoms with Gasteiger partial charge in [-0.05, 0) is 36.8 Å². The van der Waals surface area contributed by atoms with Crippen molar-refractivity contribution in [3.8, 4) is 0 Å². The van der Waals surface area contributed by atoms with Crippen LogP contribution in [0.15, 0.2) is 60.8 Å². The summed E-state index contributed by atoms with van der Waals surface area (Å²) in [5.41, 5.74) is 2.68. The van der Waals surface area contributed by atoms with Crippen LogP contribution in [0, 0.1) is 6.92 Å². The van der Waals surface area contributed by atoms with Crippen LogP contribution in [0.3, 0.4) is 0 Å². The lowest BCUT2D eigenvalue weighted by molar-refractivity contribution is 0.102. The first-order valence-corrected chi connectivity index (χ1v) is 7.73. The third-order valence-corrected chi connectivity index (χ3v) is 3.73. The van der Waals surface area contributed by atoms with Gasteiger partial charge in [-0.1, -0.05) is 41.9 Å². The fourth-order valence-corrected chi connectivity index (χ4v) is 2.31. The minimum Gasteiger partial charge on any atom is -0.323 e. The van der Waals surface area contributed by atoms with E-state index in [0.29, 0.717) is 16.7 Å². The van der Waals surface area contributed by atoms with E-state index < -0.39 is 0 Å². The van der Waals surface area contributed by atoms with Crippen LogP contribution in [0.25, 0.3) is 0 Å². The Labute approximate surface area is 144 Å². The van der Waals surface area contributed by atoms with Crippen LogP contribution in [0.5, 0.6) is 0 Å². The van der Waals surface area contributed by atoms with Gasteiger partial charge in [0.1, 0.15) is 5.69 Å². The summed E-state index contributed by atoms with van der Waals surface area (Å²) in [6.07, 6.45) is 1.53. The fraction of sp³-hybridized carbons (Fsp3) is 0.0556. The minimum atomic E-state index is -0.297. The van der Waals surface area contributed by atoms with E-state index in [2.05, 4.69) is 20.6 Å². The second kappa shape index (κ2) is 7.10. The highest BCUT2D eigenvalue weighted by molar-refractivity contribution is 6.33. The summed E-state index contributed by atoms with van der Waals surface area (Å²) in [4.78, 5) is 20.7. The van der Waals surface area contributed by atoms with Gasteiger partial charge in [0.05, 0.1) is 10.7 Å². The number of benzene rings is 2. The van der Waals surface area contributed by atoms with Crippen LogP contribution in [0.1, 0.15) is 16.1 Å². The monoisotopic (exact) mass is 338 g/mol. The van der Waals surface area contributed by atoms with E-state index in [-0.39, 0.29) is 11.6 Å². The van der Waals surface area contributed by atoms with Crippen molar-refractivity contribution in [1.82, 2.24) is 9.97 Å². The summed E-state index contributed by atoms with van der Waals surface area (Å²) in [6, 6.07) is 16.4. The Hall–Kier alpha value is -2.92. The average molecular weight is 339 g/mol. The van der Waals surface area contributed by atoms with E-state index in [1.807, 2.05) is 49.4 Å². The Morgan fingerprint density at radius 1 is 1.00 bits per heavy atom. The molecule has 0 aliphatic rings. The van der Waals surface area contributed by atoms with E-state index in [4.69, 9.17) is 11.6 Å². The molecule has 0 radical (unpaired) electrons. The Kier molecular flexibility index (Phi) is 4.72. The van der Waals surface area contributed by atoms with Crippen molar-refractivity contribution >= 4 is 34.8 Å². The van der Waals surface area contributed by atoms with E-state index in [1.165, 1.54) is 6.20 Å². The van der Waals surface area contributed by atoms with Crippen molar-refractivity contribution in [2.24, 2.45) is 0 Å².